The van der Waals surface area contributed by atoms with Crippen LogP contribution in [0.5, 0.6) is 0 Å². The van der Waals surface area contributed by atoms with Gasteiger partial charge in [-0.15, -0.1) is 11.3 Å². The van der Waals surface area contributed by atoms with Gasteiger partial charge in [0.1, 0.15) is 0 Å². The van der Waals surface area contributed by atoms with E-state index in [1.165, 1.54) is 22.2 Å². The Morgan fingerprint density at radius 1 is 1.20 bits per heavy atom. The smallest absolute Gasteiger partial charge is 0.221 e. The van der Waals surface area contributed by atoms with Gasteiger partial charge in [-0.05, 0) is 37.1 Å². The van der Waals surface area contributed by atoms with Crippen LogP contribution >= 0.6 is 11.3 Å². The monoisotopic (exact) mass is 288 g/mol. The average molecular weight is 288 g/mol. The number of hydrogen-bond donors (Lipinski definition) is 2. The number of thiophene rings is 1. The van der Waals surface area contributed by atoms with Crippen LogP contribution < -0.4 is 10.6 Å². The fourth-order valence-electron chi connectivity index (χ4n) is 2.04. The van der Waals surface area contributed by atoms with E-state index in [4.69, 9.17) is 0 Å². The summed E-state index contributed by atoms with van der Waals surface area (Å²) in [6.07, 6.45) is 0. The summed E-state index contributed by atoms with van der Waals surface area (Å²) < 4.78 is 0. The van der Waals surface area contributed by atoms with Crippen LogP contribution in [-0.4, -0.2) is 5.91 Å². The van der Waals surface area contributed by atoms with Crippen molar-refractivity contribution in [3.63, 3.8) is 0 Å². The van der Waals surface area contributed by atoms with E-state index < -0.39 is 0 Å². The first-order valence-corrected chi connectivity index (χ1v) is 7.50. The van der Waals surface area contributed by atoms with Crippen molar-refractivity contribution in [2.45, 2.75) is 33.9 Å². The maximum Gasteiger partial charge on any atom is 0.221 e. The largest absolute Gasteiger partial charge is 0.326 e. The molecule has 2 aromatic rings. The molecule has 0 atom stereocenters. The van der Waals surface area contributed by atoms with Gasteiger partial charge in [0.05, 0.1) is 0 Å². The maximum absolute atomic E-state index is 11.2. The predicted molar refractivity (Wildman–Crippen MR) is 85.1 cm³/mol. The van der Waals surface area contributed by atoms with E-state index >= 15 is 0 Å². The number of rotatable bonds is 5. The molecule has 2 N–H and O–H groups in total. The minimum atomic E-state index is -0.0399. The second kappa shape index (κ2) is 6.68. The van der Waals surface area contributed by atoms with Crippen LogP contribution in [0.4, 0.5) is 5.69 Å². The number of amides is 1. The van der Waals surface area contributed by atoms with Crippen molar-refractivity contribution in [1.29, 1.82) is 0 Å². The van der Waals surface area contributed by atoms with Crippen molar-refractivity contribution < 1.29 is 4.79 Å². The number of carbonyl (C=O) groups is 1. The Morgan fingerprint density at radius 2 is 1.95 bits per heavy atom. The Hall–Kier alpha value is -1.65. The molecule has 106 valence electrons. The van der Waals surface area contributed by atoms with E-state index in [1.807, 2.05) is 35.6 Å². The summed E-state index contributed by atoms with van der Waals surface area (Å²) in [7, 11) is 0. The third kappa shape index (κ3) is 3.92. The van der Waals surface area contributed by atoms with Crippen LogP contribution in [0.15, 0.2) is 30.3 Å². The summed E-state index contributed by atoms with van der Waals surface area (Å²) in [4.78, 5) is 13.9. The Bertz CT molecular complexity index is 585. The van der Waals surface area contributed by atoms with Crippen LogP contribution in [0, 0.1) is 13.8 Å². The molecular formula is C16H20N2OS. The number of carbonyl (C=O) groups excluding carboxylic acids is 1. The zero-order chi connectivity index (χ0) is 14.5. The normalized spacial score (nSPS) is 10.6. The molecule has 0 aliphatic carbocycles. The number of anilines is 1. The standard InChI is InChI=1S/C16H20N2OS/c1-11-8-15(20-12(11)2)10-17-9-14-6-4-5-7-16(14)18-13(3)19/h4-8,17H,9-10H2,1-3H3,(H,18,19). The Kier molecular flexibility index (Phi) is 4.93. The highest BCUT2D eigenvalue weighted by Gasteiger charge is 2.04. The highest BCUT2D eigenvalue weighted by Crippen LogP contribution is 2.21. The lowest BCUT2D eigenvalue weighted by molar-refractivity contribution is -0.114. The fraction of sp³-hybridized carbons (Fsp3) is 0.312. The van der Waals surface area contributed by atoms with Gasteiger partial charge >= 0.3 is 0 Å². The molecule has 0 aliphatic heterocycles. The molecule has 2 rings (SSSR count). The van der Waals surface area contributed by atoms with Gasteiger partial charge in [-0.1, -0.05) is 18.2 Å². The Labute approximate surface area is 124 Å². The van der Waals surface area contributed by atoms with Crippen molar-refractivity contribution >= 4 is 22.9 Å². The fourth-order valence-corrected chi connectivity index (χ4v) is 3.07. The molecule has 0 fully saturated rings. The molecular weight excluding hydrogens is 268 g/mol. The number of benzene rings is 1. The number of nitrogens with one attached hydrogen (secondary N) is 2. The van der Waals surface area contributed by atoms with Gasteiger partial charge in [0, 0.05) is 35.5 Å². The molecule has 0 bridgehead atoms. The highest BCUT2D eigenvalue weighted by atomic mass is 32.1. The van der Waals surface area contributed by atoms with Gasteiger partial charge < -0.3 is 10.6 Å². The highest BCUT2D eigenvalue weighted by molar-refractivity contribution is 7.12. The number of aryl methyl sites for hydroxylation is 2. The topological polar surface area (TPSA) is 41.1 Å². The molecule has 4 heteroatoms. The molecule has 1 aromatic carbocycles. The van der Waals surface area contributed by atoms with Crippen molar-refractivity contribution in [3.8, 4) is 0 Å². The summed E-state index contributed by atoms with van der Waals surface area (Å²) in [5.41, 5.74) is 3.34. The first kappa shape index (κ1) is 14.8. The van der Waals surface area contributed by atoms with E-state index in [-0.39, 0.29) is 5.91 Å². The molecule has 0 saturated heterocycles. The molecule has 0 unspecified atom stereocenters. The molecule has 3 nitrogen and oxygen atoms in total. The first-order valence-electron chi connectivity index (χ1n) is 6.68. The van der Waals surface area contributed by atoms with Gasteiger partial charge in [-0.2, -0.15) is 0 Å². The summed E-state index contributed by atoms with van der Waals surface area (Å²) in [5.74, 6) is -0.0399. The van der Waals surface area contributed by atoms with Gasteiger partial charge in [0.25, 0.3) is 0 Å². The van der Waals surface area contributed by atoms with E-state index in [0.29, 0.717) is 0 Å². The zero-order valence-corrected chi connectivity index (χ0v) is 12.9. The van der Waals surface area contributed by atoms with Gasteiger partial charge in [-0.25, -0.2) is 0 Å². The molecule has 20 heavy (non-hydrogen) atoms. The molecule has 0 radical (unpaired) electrons. The maximum atomic E-state index is 11.2. The summed E-state index contributed by atoms with van der Waals surface area (Å²) in [5, 5.41) is 6.29. The Morgan fingerprint density at radius 3 is 2.60 bits per heavy atom. The predicted octanol–water partition coefficient (Wildman–Crippen LogP) is 3.61. The van der Waals surface area contributed by atoms with E-state index in [2.05, 4.69) is 30.5 Å². The van der Waals surface area contributed by atoms with Gasteiger partial charge in [0.2, 0.25) is 5.91 Å². The molecule has 1 amide bonds. The second-order valence-corrected chi connectivity index (χ2v) is 6.23. The van der Waals surface area contributed by atoms with Crippen molar-refractivity contribution in [2.75, 3.05) is 5.32 Å². The van der Waals surface area contributed by atoms with Crippen LogP contribution in [0.3, 0.4) is 0 Å². The van der Waals surface area contributed by atoms with E-state index in [1.54, 1.807) is 0 Å². The molecule has 0 aliphatic rings. The minimum absolute atomic E-state index is 0.0399. The van der Waals surface area contributed by atoms with Crippen molar-refractivity contribution in [1.82, 2.24) is 5.32 Å². The second-order valence-electron chi connectivity index (χ2n) is 4.89. The quantitative estimate of drug-likeness (QED) is 0.882. The zero-order valence-electron chi connectivity index (χ0n) is 12.1. The number of para-hydroxylation sites is 1. The van der Waals surface area contributed by atoms with E-state index in [9.17, 15) is 4.79 Å². The molecule has 0 saturated carbocycles. The van der Waals surface area contributed by atoms with Crippen LogP contribution in [0.2, 0.25) is 0 Å². The van der Waals surface area contributed by atoms with Gasteiger partial charge in [0.15, 0.2) is 0 Å². The minimum Gasteiger partial charge on any atom is -0.326 e. The van der Waals surface area contributed by atoms with Crippen LogP contribution in [0.25, 0.3) is 0 Å². The van der Waals surface area contributed by atoms with E-state index in [0.717, 1.165) is 24.3 Å². The van der Waals surface area contributed by atoms with Crippen LogP contribution in [-0.2, 0) is 17.9 Å². The Balaban J connectivity index is 1.95. The molecule has 1 heterocycles. The third-order valence-electron chi connectivity index (χ3n) is 3.16. The molecule has 0 spiro atoms. The average Bonchev–Trinajstić information content (AvgIpc) is 2.70. The van der Waals surface area contributed by atoms with Gasteiger partial charge in [-0.3, -0.25) is 4.79 Å². The lowest BCUT2D eigenvalue weighted by Gasteiger charge is -2.10. The molecule has 1 aromatic heterocycles. The van der Waals surface area contributed by atoms with Crippen molar-refractivity contribution in [3.05, 3.63) is 51.2 Å². The summed E-state index contributed by atoms with van der Waals surface area (Å²) >= 11 is 1.83. The van der Waals surface area contributed by atoms with Crippen molar-refractivity contribution in [2.24, 2.45) is 0 Å². The SMILES string of the molecule is CC(=O)Nc1ccccc1CNCc1cc(C)c(C)s1. The van der Waals surface area contributed by atoms with Crippen LogP contribution in [0.1, 0.15) is 27.8 Å². The number of hydrogen-bond acceptors (Lipinski definition) is 3. The summed E-state index contributed by atoms with van der Waals surface area (Å²) in [6.45, 7) is 7.42. The lowest BCUT2D eigenvalue weighted by Crippen LogP contribution is -2.15. The lowest BCUT2D eigenvalue weighted by atomic mass is 10.1. The first-order chi connectivity index (χ1) is 9.56. The third-order valence-corrected chi connectivity index (χ3v) is 4.31. The summed E-state index contributed by atoms with van der Waals surface area (Å²) in [6, 6.07) is 10.1.